The first kappa shape index (κ1) is 55.5. The molecule has 0 aliphatic heterocycles. The molecule has 0 radical (unpaired) electrons. The Balaban J connectivity index is 0. The Morgan fingerprint density at radius 2 is 0.685 bits per heavy atom. The summed E-state index contributed by atoms with van der Waals surface area (Å²) in [5.41, 5.74) is 2.34. The Hall–Kier alpha value is -0.550. The molecule has 1 heterocycles. The second kappa shape index (κ2) is 38.0. The van der Waals surface area contributed by atoms with Gasteiger partial charge in [-0.1, -0.05) is 194 Å². The summed E-state index contributed by atoms with van der Waals surface area (Å²) in [6, 6.07) is 4.37. The minimum Gasteiger partial charge on any atom is -1.00 e. The summed E-state index contributed by atoms with van der Waals surface area (Å²) in [6.45, 7) is 8.96. The summed E-state index contributed by atoms with van der Waals surface area (Å²) in [5.74, 6) is 0.949. The lowest BCUT2D eigenvalue weighted by atomic mass is 10.0. The molecule has 0 saturated carbocycles. The van der Waals surface area contributed by atoms with E-state index in [-0.39, 0.29) is 24.8 Å². The van der Waals surface area contributed by atoms with Crippen LogP contribution in [0.5, 0.6) is 5.75 Å². The molecule has 322 valence electrons. The van der Waals surface area contributed by atoms with Crippen LogP contribution in [-0.4, -0.2) is 62.3 Å². The predicted molar refractivity (Wildman–Crippen MR) is 231 cm³/mol. The molecule has 0 atom stereocenters. The van der Waals surface area contributed by atoms with Crippen molar-refractivity contribution < 1.29 is 38.5 Å². The van der Waals surface area contributed by atoms with Crippen LogP contribution in [0.25, 0.3) is 0 Å². The summed E-state index contributed by atoms with van der Waals surface area (Å²) >= 11 is 0. The number of aromatic nitrogens is 1. The minimum absolute atomic E-state index is 0. The number of rotatable bonds is 39. The second-order valence-corrected chi connectivity index (χ2v) is 18.2. The third-order valence-electron chi connectivity index (χ3n) is 11.6. The Morgan fingerprint density at radius 3 is 0.981 bits per heavy atom. The number of nitrogens with zero attached hydrogens (tertiary/aromatic N) is 3. The third-order valence-corrected chi connectivity index (χ3v) is 11.6. The van der Waals surface area contributed by atoms with Gasteiger partial charge in [0.2, 0.25) is 0 Å². The van der Waals surface area contributed by atoms with Crippen molar-refractivity contribution in [1.82, 2.24) is 4.98 Å². The van der Waals surface area contributed by atoms with E-state index in [1.807, 2.05) is 0 Å². The van der Waals surface area contributed by atoms with Gasteiger partial charge in [0.15, 0.2) is 0 Å². The van der Waals surface area contributed by atoms with Gasteiger partial charge in [-0.25, -0.2) is 4.98 Å². The van der Waals surface area contributed by atoms with Crippen LogP contribution in [0.2, 0.25) is 0 Å². The Kier molecular flexibility index (Phi) is 39.1. The topological polar surface area (TPSA) is 22.1 Å². The van der Waals surface area contributed by atoms with Crippen LogP contribution in [0, 0.1) is 0 Å². The number of quaternary nitrogens is 2. The molecule has 0 aromatic carbocycles. The lowest BCUT2D eigenvalue weighted by Crippen LogP contribution is -3.00. The third kappa shape index (κ3) is 33.6. The highest BCUT2D eigenvalue weighted by Gasteiger charge is 2.22. The summed E-state index contributed by atoms with van der Waals surface area (Å²) in [6.07, 6.45) is 45.6. The van der Waals surface area contributed by atoms with Crippen molar-refractivity contribution >= 4 is 0 Å². The summed E-state index contributed by atoms with van der Waals surface area (Å²) in [7, 11) is 11.3. The van der Waals surface area contributed by atoms with Gasteiger partial charge in [-0.2, -0.15) is 0 Å². The normalized spacial score (nSPS) is 11.8. The number of ether oxygens (including phenoxy) is 1. The standard InChI is InChI=1S/C48H95N3O.2ClH/c1-8-10-12-14-16-18-20-22-24-26-28-30-32-34-36-38-42-50(3,4)44-46-40-41-48(52-7)47(49-46)45-51(5,6)43-39-37-35-33-31-29-27-25-23-21-19-17-15-13-11-9-2;;/h40-41H,8-39,42-45H2,1-7H3;2*1H/q+2;;/p-2. The first-order valence-electron chi connectivity index (χ1n) is 23.4. The fourth-order valence-corrected chi connectivity index (χ4v) is 8.10. The fraction of sp³-hybridized carbons (Fsp3) is 0.896. The number of hydrogen-bond donors (Lipinski definition) is 0. The van der Waals surface area contributed by atoms with Crippen LogP contribution in [0.15, 0.2) is 12.1 Å². The maximum absolute atomic E-state index is 5.80. The average molecular weight is 801 g/mol. The molecule has 1 aromatic rings. The zero-order valence-corrected chi connectivity index (χ0v) is 39.1. The maximum atomic E-state index is 5.80. The molecule has 0 spiro atoms. The average Bonchev–Trinajstić information content (AvgIpc) is 3.11. The zero-order valence-electron chi connectivity index (χ0n) is 37.6. The monoisotopic (exact) mass is 800 g/mol. The van der Waals surface area contributed by atoms with Gasteiger partial charge in [0.1, 0.15) is 24.5 Å². The largest absolute Gasteiger partial charge is 1.00 e. The molecule has 0 aliphatic rings. The van der Waals surface area contributed by atoms with Gasteiger partial charge in [-0.15, -0.1) is 0 Å². The molecule has 0 fully saturated rings. The zero-order chi connectivity index (χ0) is 38.0. The Morgan fingerprint density at radius 1 is 0.407 bits per heavy atom. The molecular weight excluding hydrogens is 705 g/mol. The van der Waals surface area contributed by atoms with E-state index in [1.54, 1.807) is 7.11 Å². The van der Waals surface area contributed by atoms with E-state index < -0.39 is 0 Å². The van der Waals surface area contributed by atoms with E-state index in [0.29, 0.717) is 0 Å². The van der Waals surface area contributed by atoms with Crippen molar-refractivity contribution in [2.75, 3.05) is 48.4 Å². The van der Waals surface area contributed by atoms with E-state index in [4.69, 9.17) is 9.72 Å². The molecule has 1 rings (SSSR count). The number of pyridine rings is 1. The Labute approximate surface area is 352 Å². The number of methoxy groups -OCH3 is 1. The summed E-state index contributed by atoms with van der Waals surface area (Å²) in [5, 5.41) is 0. The maximum Gasteiger partial charge on any atom is 0.146 e. The van der Waals surface area contributed by atoms with Crippen LogP contribution in [0.4, 0.5) is 0 Å². The Bertz CT molecular complexity index is 925. The fourth-order valence-electron chi connectivity index (χ4n) is 8.10. The minimum atomic E-state index is 0. The molecule has 1 aromatic heterocycles. The smallest absolute Gasteiger partial charge is 0.146 e. The second-order valence-electron chi connectivity index (χ2n) is 18.2. The van der Waals surface area contributed by atoms with Gasteiger partial charge in [-0.05, 0) is 37.8 Å². The molecule has 54 heavy (non-hydrogen) atoms. The number of hydrogen-bond acceptors (Lipinski definition) is 2. The van der Waals surface area contributed by atoms with Crippen LogP contribution in [-0.2, 0) is 13.1 Å². The quantitative estimate of drug-likeness (QED) is 0.0491. The van der Waals surface area contributed by atoms with Crippen molar-refractivity contribution in [3.8, 4) is 5.75 Å². The van der Waals surface area contributed by atoms with Crippen molar-refractivity contribution in [2.45, 2.75) is 232 Å². The SMILES string of the molecule is CCCCCCCCCCCCCCCCCC[N+](C)(C)Cc1ccc(OC)c(C[N+](C)(C)CCCCCCCCCCCCCCCCCC)n1.[Cl-].[Cl-]. The van der Waals surface area contributed by atoms with Crippen molar-refractivity contribution in [3.05, 3.63) is 23.5 Å². The molecule has 0 aliphatic carbocycles. The molecule has 6 heteroatoms. The molecule has 0 saturated heterocycles. The van der Waals surface area contributed by atoms with Crippen LogP contribution >= 0.6 is 0 Å². The van der Waals surface area contributed by atoms with E-state index in [0.717, 1.165) is 33.5 Å². The lowest BCUT2D eigenvalue weighted by molar-refractivity contribution is -0.905. The van der Waals surface area contributed by atoms with E-state index in [9.17, 15) is 0 Å². The molecule has 4 nitrogen and oxygen atoms in total. The predicted octanol–water partition coefficient (Wildman–Crippen LogP) is 8.77. The molecule has 0 amide bonds. The summed E-state index contributed by atoms with van der Waals surface area (Å²) < 4.78 is 7.78. The first-order valence-corrected chi connectivity index (χ1v) is 23.4. The van der Waals surface area contributed by atoms with Gasteiger partial charge in [0.25, 0.3) is 0 Å². The van der Waals surface area contributed by atoms with Gasteiger partial charge in [-0.3, -0.25) is 0 Å². The summed E-state index contributed by atoms with van der Waals surface area (Å²) in [4.78, 5) is 5.21. The van der Waals surface area contributed by atoms with Crippen molar-refractivity contribution in [2.24, 2.45) is 0 Å². The first-order chi connectivity index (χ1) is 25.2. The van der Waals surface area contributed by atoms with Crippen molar-refractivity contribution in [3.63, 3.8) is 0 Å². The van der Waals surface area contributed by atoms with E-state index >= 15 is 0 Å². The van der Waals surface area contributed by atoms with Crippen molar-refractivity contribution in [1.29, 1.82) is 0 Å². The highest BCUT2D eigenvalue weighted by Crippen LogP contribution is 2.23. The molecular formula is C48H95Cl2N3O. The van der Waals surface area contributed by atoms with Crippen LogP contribution in [0.3, 0.4) is 0 Å². The van der Waals surface area contributed by atoms with Gasteiger partial charge in [0, 0.05) is 0 Å². The van der Waals surface area contributed by atoms with E-state index in [1.165, 1.54) is 224 Å². The van der Waals surface area contributed by atoms with Gasteiger partial charge in [0.05, 0.1) is 54.1 Å². The molecule has 0 N–H and O–H groups in total. The van der Waals surface area contributed by atoms with E-state index in [2.05, 4.69) is 54.2 Å². The lowest BCUT2D eigenvalue weighted by Gasteiger charge is -2.31. The van der Waals surface area contributed by atoms with Gasteiger partial charge < -0.3 is 38.5 Å². The molecule has 0 unspecified atom stereocenters. The number of halogens is 2. The number of unbranched alkanes of at least 4 members (excludes halogenated alkanes) is 30. The molecule has 0 bridgehead atoms. The van der Waals surface area contributed by atoms with Gasteiger partial charge >= 0.3 is 0 Å². The highest BCUT2D eigenvalue weighted by atomic mass is 35.5. The van der Waals surface area contributed by atoms with Crippen LogP contribution < -0.4 is 29.6 Å². The highest BCUT2D eigenvalue weighted by molar-refractivity contribution is 5.28. The van der Waals surface area contributed by atoms with Crippen LogP contribution in [0.1, 0.15) is 231 Å².